The molecule has 20 heavy (non-hydrogen) atoms. The Morgan fingerprint density at radius 3 is 2.50 bits per heavy atom. The summed E-state index contributed by atoms with van der Waals surface area (Å²) < 4.78 is 26.9. The number of benzene rings is 1. The molecule has 0 heterocycles. The van der Waals surface area contributed by atoms with Crippen molar-refractivity contribution >= 4 is 27.4 Å². The van der Waals surface area contributed by atoms with Gasteiger partial charge in [0.15, 0.2) is 0 Å². The first-order chi connectivity index (χ1) is 9.33. The molecular weight excluding hydrogens is 282 g/mol. The molecule has 0 bridgehead atoms. The quantitative estimate of drug-likeness (QED) is 0.798. The Hall–Kier alpha value is -1.89. The van der Waals surface area contributed by atoms with Gasteiger partial charge in [0, 0.05) is 12.7 Å². The van der Waals surface area contributed by atoms with Crippen LogP contribution in [-0.2, 0) is 19.4 Å². The van der Waals surface area contributed by atoms with Gasteiger partial charge in [-0.3, -0.25) is 4.79 Å². The maximum absolute atomic E-state index is 11.7. The number of esters is 1. The summed E-state index contributed by atoms with van der Waals surface area (Å²) in [4.78, 5) is 23.4. The highest BCUT2D eigenvalue weighted by Crippen LogP contribution is 2.16. The van der Waals surface area contributed by atoms with Gasteiger partial charge in [-0.05, 0) is 19.1 Å². The molecule has 1 N–H and O–H groups in total. The molecule has 1 aromatic carbocycles. The van der Waals surface area contributed by atoms with Crippen LogP contribution in [0.25, 0.3) is 0 Å². The molecule has 1 amide bonds. The fourth-order valence-corrected chi connectivity index (χ4v) is 2.03. The van der Waals surface area contributed by atoms with Gasteiger partial charge in [-0.25, -0.2) is 13.2 Å². The van der Waals surface area contributed by atoms with Crippen LogP contribution in [0.5, 0.6) is 0 Å². The maximum atomic E-state index is 11.7. The molecule has 0 aromatic heterocycles. The fraction of sp³-hybridized carbons (Fsp3) is 0.385. The van der Waals surface area contributed by atoms with E-state index in [4.69, 9.17) is 4.74 Å². The molecule has 1 aromatic rings. The van der Waals surface area contributed by atoms with E-state index in [0.717, 1.165) is 6.26 Å². The summed E-state index contributed by atoms with van der Waals surface area (Å²) in [5, 5.41) is 2.52. The number of amides is 1. The molecule has 0 atom stereocenters. The number of carbonyl (C=O) groups is 2. The minimum absolute atomic E-state index is 0.157. The molecule has 0 saturated carbocycles. The lowest BCUT2D eigenvalue weighted by Crippen LogP contribution is -2.18. The van der Waals surface area contributed by atoms with E-state index in [2.05, 4.69) is 5.32 Å². The van der Waals surface area contributed by atoms with Crippen LogP contribution >= 0.6 is 0 Å². The van der Waals surface area contributed by atoms with Crippen molar-refractivity contribution in [2.24, 2.45) is 0 Å². The lowest BCUT2D eigenvalue weighted by atomic mass is 10.1. The second-order valence-electron chi connectivity index (χ2n) is 4.19. The van der Waals surface area contributed by atoms with Gasteiger partial charge in [-0.2, -0.15) is 0 Å². The van der Waals surface area contributed by atoms with E-state index < -0.39 is 21.7 Å². The predicted molar refractivity (Wildman–Crippen MR) is 75.4 cm³/mol. The number of hydrogen-bond acceptors (Lipinski definition) is 5. The van der Waals surface area contributed by atoms with Gasteiger partial charge < -0.3 is 10.1 Å². The van der Waals surface area contributed by atoms with Crippen molar-refractivity contribution in [3.05, 3.63) is 29.8 Å². The van der Waals surface area contributed by atoms with Crippen LogP contribution in [0.3, 0.4) is 0 Å². The monoisotopic (exact) mass is 299 g/mol. The van der Waals surface area contributed by atoms with Gasteiger partial charge in [0.25, 0.3) is 0 Å². The Morgan fingerprint density at radius 2 is 1.90 bits per heavy atom. The van der Waals surface area contributed by atoms with E-state index in [1.807, 2.05) is 0 Å². The summed E-state index contributed by atoms with van der Waals surface area (Å²) in [6.45, 7) is 1.92. The first-order valence-corrected chi connectivity index (χ1v) is 8.13. The third-order valence-corrected chi connectivity index (χ3v) is 3.34. The smallest absolute Gasteiger partial charge is 0.340 e. The summed E-state index contributed by atoms with van der Waals surface area (Å²) in [6.07, 6.45) is 0.906. The average Bonchev–Trinajstić information content (AvgIpc) is 2.36. The summed E-state index contributed by atoms with van der Waals surface area (Å²) in [5.74, 6) is -1.24. The van der Waals surface area contributed by atoms with Gasteiger partial charge >= 0.3 is 5.97 Å². The SMILES string of the molecule is CCOC(=O)c1ccccc1NC(=O)CCS(C)(=O)=O. The number of ether oxygens (including phenoxy) is 1. The van der Waals surface area contributed by atoms with Crippen LogP contribution in [0.2, 0.25) is 0 Å². The van der Waals surface area contributed by atoms with Crippen molar-refractivity contribution in [1.29, 1.82) is 0 Å². The van der Waals surface area contributed by atoms with Gasteiger partial charge in [-0.1, -0.05) is 12.1 Å². The largest absolute Gasteiger partial charge is 0.462 e. The minimum atomic E-state index is -3.20. The van der Waals surface area contributed by atoms with Crippen LogP contribution < -0.4 is 5.32 Å². The van der Waals surface area contributed by atoms with E-state index in [0.29, 0.717) is 5.69 Å². The molecule has 0 aliphatic rings. The van der Waals surface area contributed by atoms with Crippen molar-refractivity contribution in [2.45, 2.75) is 13.3 Å². The predicted octanol–water partition coefficient (Wildman–Crippen LogP) is 1.24. The van der Waals surface area contributed by atoms with Crippen LogP contribution in [0.1, 0.15) is 23.7 Å². The summed E-state index contributed by atoms with van der Waals surface area (Å²) >= 11 is 0. The number of carbonyl (C=O) groups excluding carboxylic acids is 2. The highest BCUT2D eigenvalue weighted by Gasteiger charge is 2.14. The zero-order valence-corrected chi connectivity index (χ0v) is 12.2. The fourth-order valence-electron chi connectivity index (χ4n) is 1.47. The number of para-hydroxylation sites is 1. The van der Waals surface area contributed by atoms with Crippen molar-refractivity contribution in [3.63, 3.8) is 0 Å². The second-order valence-corrected chi connectivity index (χ2v) is 6.45. The minimum Gasteiger partial charge on any atom is -0.462 e. The molecule has 0 radical (unpaired) electrons. The third kappa shape index (κ3) is 5.40. The van der Waals surface area contributed by atoms with Crippen LogP contribution in [0, 0.1) is 0 Å². The third-order valence-electron chi connectivity index (χ3n) is 2.40. The van der Waals surface area contributed by atoms with E-state index in [-0.39, 0.29) is 24.3 Å². The Morgan fingerprint density at radius 1 is 1.25 bits per heavy atom. The van der Waals surface area contributed by atoms with Gasteiger partial charge in [-0.15, -0.1) is 0 Å². The zero-order chi connectivity index (χ0) is 15.2. The zero-order valence-electron chi connectivity index (χ0n) is 11.4. The Balaban J connectivity index is 2.77. The Kier molecular flexibility index (Phi) is 5.69. The van der Waals surface area contributed by atoms with Crippen LogP contribution in [0.15, 0.2) is 24.3 Å². The van der Waals surface area contributed by atoms with E-state index in [9.17, 15) is 18.0 Å². The van der Waals surface area contributed by atoms with E-state index in [1.54, 1.807) is 25.1 Å². The van der Waals surface area contributed by atoms with Crippen molar-refractivity contribution in [3.8, 4) is 0 Å². The lowest BCUT2D eigenvalue weighted by Gasteiger charge is -2.10. The number of anilines is 1. The maximum Gasteiger partial charge on any atom is 0.340 e. The molecule has 1 rings (SSSR count). The standard InChI is InChI=1S/C13H17NO5S/c1-3-19-13(16)10-6-4-5-7-11(10)14-12(15)8-9-20(2,17)18/h4-7H,3,8-9H2,1-2H3,(H,14,15). The highest BCUT2D eigenvalue weighted by atomic mass is 32.2. The Bertz CT molecular complexity index is 595. The number of sulfone groups is 1. The van der Waals surface area contributed by atoms with Crippen molar-refractivity contribution in [1.82, 2.24) is 0 Å². The summed E-state index contributed by atoms with van der Waals surface area (Å²) in [5.41, 5.74) is 0.548. The topological polar surface area (TPSA) is 89.5 Å². The number of nitrogens with one attached hydrogen (secondary N) is 1. The first kappa shape index (κ1) is 16.2. The van der Waals surface area contributed by atoms with Crippen molar-refractivity contribution < 1.29 is 22.7 Å². The number of hydrogen-bond donors (Lipinski definition) is 1. The van der Waals surface area contributed by atoms with Gasteiger partial charge in [0.05, 0.1) is 23.6 Å². The molecule has 0 aliphatic carbocycles. The molecule has 0 spiro atoms. The molecular formula is C13H17NO5S. The molecule has 110 valence electrons. The van der Waals surface area contributed by atoms with Crippen LogP contribution in [0.4, 0.5) is 5.69 Å². The van der Waals surface area contributed by atoms with E-state index in [1.165, 1.54) is 6.07 Å². The number of rotatable bonds is 6. The Labute approximate surface area is 118 Å². The van der Waals surface area contributed by atoms with E-state index >= 15 is 0 Å². The molecule has 7 heteroatoms. The molecule has 0 aliphatic heterocycles. The van der Waals surface area contributed by atoms with Crippen molar-refractivity contribution in [2.75, 3.05) is 23.9 Å². The van der Waals surface area contributed by atoms with Gasteiger partial charge in [0.2, 0.25) is 5.91 Å². The summed E-state index contributed by atoms with van der Waals surface area (Å²) in [6, 6.07) is 6.40. The average molecular weight is 299 g/mol. The van der Waals surface area contributed by atoms with Gasteiger partial charge in [0.1, 0.15) is 9.84 Å². The molecule has 6 nitrogen and oxygen atoms in total. The highest BCUT2D eigenvalue weighted by molar-refractivity contribution is 7.90. The molecule has 0 fully saturated rings. The second kappa shape index (κ2) is 7.04. The molecule has 0 saturated heterocycles. The summed E-state index contributed by atoms with van der Waals surface area (Å²) in [7, 11) is -3.20. The normalized spacial score (nSPS) is 10.9. The molecule has 0 unspecified atom stereocenters. The first-order valence-electron chi connectivity index (χ1n) is 6.07. The van der Waals surface area contributed by atoms with Crippen LogP contribution in [-0.4, -0.2) is 38.9 Å². The lowest BCUT2D eigenvalue weighted by molar-refractivity contribution is -0.115.